The monoisotopic (exact) mass is 529 g/mol. The van der Waals surface area contributed by atoms with Crippen LogP contribution in [-0.4, -0.2) is 23.2 Å². The van der Waals surface area contributed by atoms with Gasteiger partial charge in [0.05, 0.1) is 15.6 Å². The molecule has 0 N–H and O–H groups in total. The van der Waals surface area contributed by atoms with Crippen molar-refractivity contribution < 1.29 is 4.52 Å². The predicted octanol–water partition coefficient (Wildman–Crippen LogP) is 8.76. The van der Waals surface area contributed by atoms with Crippen molar-refractivity contribution in [2.24, 2.45) is 5.41 Å². The van der Waals surface area contributed by atoms with E-state index in [0.29, 0.717) is 16.0 Å². The van der Waals surface area contributed by atoms with Crippen LogP contribution in [0.25, 0.3) is 27.7 Å². The van der Waals surface area contributed by atoms with Crippen LogP contribution in [-0.2, 0) is 0 Å². The van der Waals surface area contributed by atoms with Gasteiger partial charge in [0.1, 0.15) is 11.5 Å². The number of allylic oxidation sites excluding steroid dienone is 2. The van der Waals surface area contributed by atoms with E-state index in [9.17, 15) is 0 Å². The molecule has 37 heavy (non-hydrogen) atoms. The van der Waals surface area contributed by atoms with Gasteiger partial charge in [0.15, 0.2) is 0 Å². The second-order valence-electron chi connectivity index (χ2n) is 11.1. The van der Waals surface area contributed by atoms with Crippen LogP contribution in [0.4, 0.5) is 5.69 Å². The number of fused-ring (bicyclic) bond motifs is 1. The Bertz CT molecular complexity index is 1550. The molecule has 6 heteroatoms. The van der Waals surface area contributed by atoms with E-state index < -0.39 is 0 Å². The van der Waals surface area contributed by atoms with E-state index in [2.05, 4.69) is 54.2 Å². The first kappa shape index (κ1) is 23.3. The lowest BCUT2D eigenvalue weighted by Gasteiger charge is -2.47. The number of halogens is 2. The van der Waals surface area contributed by atoms with Crippen LogP contribution in [0.1, 0.15) is 60.6 Å². The molecular formula is C31H29Cl2N3O. The van der Waals surface area contributed by atoms with E-state index >= 15 is 0 Å². The summed E-state index contributed by atoms with van der Waals surface area (Å²) in [6.45, 7) is 6.34. The molecule has 1 aliphatic heterocycles. The second-order valence-corrected chi connectivity index (χ2v) is 11.9. The molecule has 0 unspecified atom stereocenters. The normalized spacial score (nSPS) is 18.8. The molecule has 0 atom stereocenters. The highest BCUT2D eigenvalue weighted by Gasteiger charge is 2.44. The summed E-state index contributed by atoms with van der Waals surface area (Å²) < 4.78 is 5.92. The van der Waals surface area contributed by atoms with E-state index in [0.717, 1.165) is 79.0 Å². The highest BCUT2D eigenvalue weighted by atomic mass is 35.5. The van der Waals surface area contributed by atoms with Crippen molar-refractivity contribution in [2.45, 2.75) is 51.9 Å². The number of hydrogen-bond donors (Lipinski definition) is 0. The first-order valence-corrected chi connectivity index (χ1v) is 14.0. The number of rotatable bonds is 4. The minimum absolute atomic E-state index is 0.247. The third-order valence-corrected chi connectivity index (χ3v) is 9.09. The van der Waals surface area contributed by atoms with Gasteiger partial charge in [-0.25, -0.2) is 0 Å². The quantitative estimate of drug-likeness (QED) is 0.265. The highest BCUT2D eigenvalue weighted by Crippen LogP contribution is 2.56. The zero-order valence-electron chi connectivity index (χ0n) is 21.2. The average Bonchev–Trinajstić information content (AvgIpc) is 3.62. The van der Waals surface area contributed by atoms with E-state index in [1.54, 1.807) is 0 Å². The largest absolute Gasteiger partial charge is 0.371 e. The second kappa shape index (κ2) is 8.61. The van der Waals surface area contributed by atoms with E-state index in [1.165, 1.54) is 22.2 Å². The fraction of sp³-hybridized carbons (Fsp3) is 0.355. The topological polar surface area (TPSA) is 42.2 Å². The fourth-order valence-electron chi connectivity index (χ4n) is 6.29. The maximum atomic E-state index is 6.58. The average molecular weight is 530 g/mol. The first-order chi connectivity index (χ1) is 17.9. The van der Waals surface area contributed by atoms with Crippen LogP contribution < -0.4 is 4.90 Å². The lowest BCUT2D eigenvalue weighted by atomic mass is 9.63. The molecule has 2 aromatic carbocycles. The zero-order chi connectivity index (χ0) is 25.3. The van der Waals surface area contributed by atoms with Crippen molar-refractivity contribution in [1.29, 1.82) is 0 Å². The number of hydrogen-bond acceptors (Lipinski definition) is 4. The number of aromatic nitrogens is 2. The van der Waals surface area contributed by atoms with Crippen molar-refractivity contribution in [1.82, 2.24) is 10.1 Å². The summed E-state index contributed by atoms with van der Waals surface area (Å²) in [7, 11) is 0. The van der Waals surface area contributed by atoms with Crippen LogP contribution in [0.3, 0.4) is 0 Å². The minimum atomic E-state index is 0.247. The van der Waals surface area contributed by atoms with Crippen LogP contribution in [0.2, 0.25) is 10.0 Å². The van der Waals surface area contributed by atoms with Crippen molar-refractivity contribution in [3.8, 4) is 11.3 Å². The SMILES string of the molecule is Cc1cc(C)c2cc(N3CCC4(C=C(c5c(-c6c(Cl)cccc6Cl)noc5C5CC5)C4)CC3)ccc2n1. The Morgan fingerprint density at radius 3 is 2.41 bits per heavy atom. The Morgan fingerprint density at radius 1 is 0.973 bits per heavy atom. The molecule has 0 bridgehead atoms. The van der Waals surface area contributed by atoms with Crippen LogP contribution in [0.15, 0.2) is 53.1 Å². The molecule has 3 aliphatic rings. The Labute approximate surface area is 227 Å². The maximum absolute atomic E-state index is 6.58. The molecule has 2 aromatic heterocycles. The molecule has 4 aromatic rings. The van der Waals surface area contributed by atoms with Gasteiger partial charge >= 0.3 is 0 Å². The number of nitrogens with zero attached hydrogens (tertiary/aromatic N) is 3. The van der Waals surface area contributed by atoms with E-state index in [1.807, 2.05) is 18.2 Å². The lowest BCUT2D eigenvalue weighted by Crippen LogP contribution is -2.42. The van der Waals surface area contributed by atoms with Gasteiger partial charge < -0.3 is 9.42 Å². The summed E-state index contributed by atoms with van der Waals surface area (Å²) in [5.74, 6) is 1.48. The Kier molecular flexibility index (Phi) is 5.42. The smallest absolute Gasteiger partial charge is 0.147 e. The van der Waals surface area contributed by atoms with Crippen LogP contribution in [0, 0.1) is 19.3 Å². The highest BCUT2D eigenvalue weighted by molar-refractivity contribution is 6.39. The first-order valence-electron chi connectivity index (χ1n) is 13.2. The van der Waals surface area contributed by atoms with Gasteiger partial charge in [0, 0.05) is 46.9 Å². The van der Waals surface area contributed by atoms with Gasteiger partial charge in [-0.2, -0.15) is 0 Å². The molecule has 4 nitrogen and oxygen atoms in total. The van der Waals surface area contributed by atoms with Gasteiger partial charge in [-0.1, -0.05) is 40.5 Å². The lowest BCUT2D eigenvalue weighted by molar-refractivity contribution is 0.277. The van der Waals surface area contributed by atoms with E-state index in [-0.39, 0.29) is 5.41 Å². The number of anilines is 1. The summed E-state index contributed by atoms with van der Waals surface area (Å²) in [6, 6.07) is 14.5. The summed E-state index contributed by atoms with van der Waals surface area (Å²) in [5, 5.41) is 6.98. The molecule has 7 rings (SSSR count). The van der Waals surface area contributed by atoms with Crippen molar-refractivity contribution in [2.75, 3.05) is 18.0 Å². The summed E-state index contributed by atoms with van der Waals surface area (Å²) in [6.07, 6.45) is 8.15. The standard InChI is InChI=1S/C31H29Cl2N3O/c1-18-14-19(2)34-26-9-8-22(15-23(18)26)36-12-10-31(11-13-36)16-21(17-31)27-29(35-37-30(27)20-6-7-20)28-24(32)4-3-5-25(28)33/h3-5,8-9,14-16,20H,6-7,10-13,17H2,1-2H3. The van der Waals surface area contributed by atoms with Gasteiger partial charge in [0.25, 0.3) is 0 Å². The molecule has 1 spiro atoms. The Balaban J connectivity index is 1.15. The number of aryl methyl sites for hydroxylation is 2. The molecule has 0 radical (unpaired) electrons. The third-order valence-electron chi connectivity index (χ3n) is 8.46. The maximum Gasteiger partial charge on any atom is 0.147 e. The van der Waals surface area contributed by atoms with Crippen LogP contribution in [0.5, 0.6) is 0 Å². The molecule has 3 heterocycles. The molecule has 1 saturated heterocycles. The Hall–Kier alpha value is -2.82. The number of piperidine rings is 1. The van der Waals surface area contributed by atoms with Gasteiger partial charge in [-0.15, -0.1) is 0 Å². The van der Waals surface area contributed by atoms with Gasteiger partial charge in [-0.05, 0) is 98.9 Å². The summed E-state index contributed by atoms with van der Waals surface area (Å²) >= 11 is 13.2. The minimum Gasteiger partial charge on any atom is -0.371 e. The summed E-state index contributed by atoms with van der Waals surface area (Å²) in [5.41, 5.74) is 9.04. The van der Waals surface area contributed by atoms with Crippen molar-refractivity contribution in [3.63, 3.8) is 0 Å². The molecule has 1 saturated carbocycles. The van der Waals surface area contributed by atoms with E-state index in [4.69, 9.17) is 32.7 Å². The number of benzene rings is 2. The molecular weight excluding hydrogens is 501 g/mol. The molecule has 2 aliphatic carbocycles. The van der Waals surface area contributed by atoms with Gasteiger partial charge in [0.2, 0.25) is 0 Å². The Morgan fingerprint density at radius 2 is 1.70 bits per heavy atom. The van der Waals surface area contributed by atoms with Crippen molar-refractivity contribution >= 4 is 45.4 Å². The number of pyridine rings is 1. The van der Waals surface area contributed by atoms with Crippen molar-refractivity contribution in [3.05, 3.63) is 81.2 Å². The van der Waals surface area contributed by atoms with Gasteiger partial charge in [-0.3, -0.25) is 4.98 Å². The zero-order valence-corrected chi connectivity index (χ0v) is 22.7. The molecule has 0 amide bonds. The van der Waals surface area contributed by atoms with Crippen LogP contribution >= 0.6 is 23.2 Å². The molecule has 2 fully saturated rings. The third kappa shape index (κ3) is 3.97. The predicted molar refractivity (Wildman–Crippen MR) is 152 cm³/mol. The fourth-order valence-corrected chi connectivity index (χ4v) is 6.87. The molecule has 188 valence electrons. The summed E-state index contributed by atoms with van der Waals surface area (Å²) in [4.78, 5) is 7.24.